The van der Waals surface area contributed by atoms with Crippen molar-refractivity contribution in [3.8, 4) is 0 Å². The zero-order chi connectivity index (χ0) is 16.2. The zero-order valence-electron chi connectivity index (χ0n) is 13.9. The lowest BCUT2D eigenvalue weighted by Crippen LogP contribution is -2.41. The molecule has 0 N–H and O–H groups in total. The van der Waals surface area contributed by atoms with Crippen molar-refractivity contribution in [2.45, 2.75) is 58.3 Å². The Balaban J connectivity index is 1.87. The maximum Gasteiger partial charge on any atom is 0.410 e. The van der Waals surface area contributed by atoms with Gasteiger partial charge in [0, 0.05) is 12.7 Å². The van der Waals surface area contributed by atoms with E-state index in [0.29, 0.717) is 6.61 Å². The van der Waals surface area contributed by atoms with Crippen LogP contribution in [-0.2, 0) is 9.47 Å². The Kier molecular flexibility index (Phi) is 5.40. The first-order chi connectivity index (χ1) is 10.4. The average molecular weight is 306 g/mol. The topological polar surface area (TPSA) is 51.7 Å². The van der Waals surface area contributed by atoms with E-state index in [1.165, 1.54) is 0 Å². The van der Waals surface area contributed by atoms with Gasteiger partial charge in [-0.1, -0.05) is 6.07 Å². The van der Waals surface area contributed by atoms with Gasteiger partial charge in [0.25, 0.3) is 0 Å². The molecule has 0 spiro atoms. The first-order valence-corrected chi connectivity index (χ1v) is 7.89. The van der Waals surface area contributed by atoms with Gasteiger partial charge in [-0.25, -0.2) is 4.79 Å². The van der Waals surface area contributed by atoms with E-state index in [2.05, 4.69) is 4.98 Å². The Morgan fingerprint density at radius 2 is 2.23 bits per heavy atom. The van der Waals surface area contributed by atoms with E-state index in [1.54, 1.807) is 11.1 Å². The van der Waals surface area contributed by atoms with Crippen LogP contribution in [-0.4, -0.2) is 40.8 Å². The third-order valence-corrected chi connectivity index (χ3v) is 3.65. The molecule has 2 atom stereocenters. The Morgan fingerprint density at radius 1 is 1.45 bits per heavy atom. The highest BCUT2D eigenvalue weighted by Gasteiger charge is 2.32. The number of ether oxygens (including phenoxy) is 2. The molecule has 1 amide bonds. The Morgan fingerprint density at radius 3 is 2.86 bits per heavy atom. The van der Waals surface area contributed by atoms with Crippen LogP contribution in [0.4, 0.5) is 4.79 Å². The van der Waals surface area contributed by atoms with Gasteiger partial charge in [0.05, 0.1) is 24.4 Å². The second-order valence-corrected chi connectivity index (χ2v) is 6.70. The summed E-state index contributed by atoms with van der Waals surface area (Å²) in [7, 11) is 0. The molecule has 0 saturated carbocycles. The third-order valence-electron chi connectivity index (χ3n) is 3.65. The van der Waals surface area contributed by atoms with Crippen molar-refractivity contribution in [1.29, 1.82) is 0 Å². The van der Waals surface area contributed by atoms with Crippen molar-refractivity contribution in [2.24, 2.45) is 0 Å². The van der Waals surface area contributed by atoms with Crippen LogP contribution in [0, 0.1) is 0 Å². The third kappa shape index (κ3) is 4.70. The van der Waals surface area contributed by atoms with Gasteiger partial charge in [-0.2, -0.15) is 0 Å². The molecule has 0 radical (unpaired) electrons. The van der Waals surface area contributed by atoms with Crippen LogP contribution >= 0.6 is 0 Å². The van der Waals surface area contributed by atoms with Crippen LogP contribution in [0.3, 0.4) is 0 Å². The second-order valence-electron chi connectivity index (χ2n) is 6.70. The minimum absolute atomic E-state index is 0.0812. The standard InChI is InChI=1S/C17H26N2O3/c1-13(15-9-5-6-10-18-15)21-12-14-8-7-11-19(14)16(20)22-17(2,3)4/h5-6,9-10,13-14H,7-8,11-12H2,1-4H3/t13-,14-/m0/s1. The molecule has 1 aromatic rings. The number of amides is 1. The fourth-order valence-electron chi connectivity index (χ4n) is 2.53. The van der Waals surface area contributed by atoms with Gasteiger partial charge in [-0.15, -0.1) is 0 Å². The van der Waals surface area contributed by atoms with E-state index in [0.717, 1.165) is 25.1 Å². The number of hydrogen-bond donors (Lipinski definition) is 0. The van der Waals surface area contributed by atoms with Crippen molar-refractivity contribution >= 4 is 6.09 Å². The first-order valence-electron chi connectivity index (χ1n) is 7.89. The molecule has 2 heterocycles. The van der Waals surface area contributed by atoms with Gasteiger partial charge < -0.3 is 14.4 Å². The molecular formula is C17H26N2O3. The van der Waals surface area contributed by atoms with E-state index >= 15 is 0 Å². The maximum atomic E-state index is 12.2. The quantitative estimate of drug-likeness (QED) is 0.853. The van der Waals surface area contributed by atoms with Crippen molar-refractivity contribution in [3.63, 3.8) is 0 Å². The highest BCUT2D eigenvalue weighted by atomic mass is 16.6. The number of pyridine rings is 1. The van der Waals surface area contributed by atoms with Gasteiger partial charge >= 0.3 is 6.09 Å². The minimum Gasteiger partial charge on any atom is -0.444 e. The maximum absolute atomic E-state index is 12.2. The zero-order valence-corrected chi connectivity index (χ0v) is 13.9. The molecule has 1 aliphatic heterocycles. The number of likely N-dealkylation sites (tertiary alicyclic amines) is 1. The molecule has 5 nitrogen and oxygen atoms in total. The van der Waals surface area contributed by atoms with Gasteiger partial charge in [-0.3, -0.25) is 4.98 Å². The molecule has 1 saturated heterocycles. The van der Waals surface area contributed by atoms with Crippen LogP contribution in [0.5, 0.6) is 0 Å². The molecule has 5 heteroatoms. The van der Waals surface area contributed by atoms with Crippen molar-refractivity contribution in [3.05, 3.63) is 30.1 Å². The number of nitrogens with zero attached hydrogens (tertiary/aromatic N) is 2. The summed E-state index contributed by atoms with van der Waals surface area (Å²) in [4.78, 5) is 18.3. The van der Waals surface area contributed by atoms with E-state index < -0.39 is 5.60 Å². The van der Waals surface area contributed by atoms with E-state index in [-0.39, 0.29) is 18.2 Å². The summed E-state index contributed by atoms with van der Waals surface area (Å²) in [6.45, 7) is 8.88. The molecule has 22 heavy (non-hydrogen) atoms. The molecule has 0 aliphatic carbocycles. The summed E-state index contributed by atoms with van der Waals surface area (Å²) in [6, 6.07) is 5.87. The minimum atomic E-state index is -0.466. The summed E-state index contributed by atoms with van der Waals surface area (Å²) >= 11 is 0. The summed E-state index contributed by atoms with van der Waals surface area (Å²) in [5, 5.41) is 0. The van der Waals surface area contributed by atoms with Gasteiger partial charge in [0.15, 0.2) is 0 Å². The average Bonchev–Trinajstić information content (AvgIpc) is 2.92. The number of carbonyl (C=O) groups excluding carboxylic acids is 1. The summed E-state index contributed by atoms with van der Waals surface area (Å²) in [6.07, 6.45) is 3.38. The normalized spacial score (nSPS) is 20.0. The molecule has 1 aliphatic rings. The smallest absolute Gasteiger partial charge is 0.410 e. The fraction of sp³-hybridized carbons (Fsp3) is 0.647. The lowest BCUT2D eigenvalue weighted by atomic mass is 10.2. The second kappa shape index (κ2) is 7.09. The predicted molar refractivity (Wildman–Crippen MR) is 84.6 cm³/mol. The lowest BCUT2D eigenvalue weighted by molar-refractivity contribution is -0.00250. The van der Waals surface area contributed by atoms with Crippen LogP contribution < -0.4 is 0 Å². The Hall–Kier alpha value is -1.62. The number of carbonyl (C=O) groups is 1. The van der Waals surface area contributed by atoms with Crippen molar-refractivity contribution in [2.75, 3.05) is 13.2 Å². The summed E-state index contributed by atoms with van der Waals surface area (Å²) in [5.41, 5.74) is 0.441. The van der Waals surface area contributed by atoms with E-state index in [1.807, 2.05) is 45.9 Å². The fourth-order valence-corrected chi connectivity index (χ4v) is 2.53. The summed E-state index contributed by atoms with van der Waals surface area (Å²) in [5.74, 6) is 0. The van der Waals surface area contributed by atoms with Gasteiger partial charge in [0.1, 0.15) is 5.60 Å². The molecule has 122 valence electrons. The molecule has 1 aromatic heterocycles. The lowest BCUT2D eigenvalue weighted by Gasteiger charge is -2.29. The first kappa shape index (κ1) is 16.7. The highest BCUT2D eigenvalue weighted by molar-refractivity contribution is 5.68. The van der Waals surface area contributed by atoms with Crippen molar-refractivity contribution < 1.29 is 14.3 Å². The van der Waals surface area contributed by atoms with Gasteiger partial charge in [0.2, 0.25) is 0 Å². The molecular weight excluding hydrogens is 280 g/mol. The van der Waals surface area contributed by atoms with Crippen LogP contribution in [0.2, 0.25) is 0 Å². The van der Waals surface area contributed by atoms with Gasteiger partial charge in [-0.05, 0) is 52.7 Å². The molecule has 0 aromatic carbocycles. The number of rotatable bonds is 4. The number of hydrogen-bond acceptors (Lipinski definition) is 4. The van der Waals surface area contributed by atoms with E-state index in [4.69, 9.17) is 9.47 Å². The Bertz CT molecular complexity index is 484. The molecule has 0 unspecified atom stereocenters. The van der Waals surface area contributed by atoms with Crippen LogP contribution in [0.1, 0.15) is 52.3 Å². The highest BCUT2D eigenvalue weighted by Crippen LogP contribution is 2.23. The SMILES string of the molecule is C[C@H](OC[C@@H]1CCCN1C(=O)OC(C)(C)C)c1ccccn1. The summed E-state index contributed by atoms with van der Waals surface area (Å²) < 4.78 is 11.4. The van der Waals surface area contributed by atoms with Crippen LogP contribution in [0.15, 0.2) is 24.4 Å². The van der Waals surface area contributed by atoms with E-state index in [9.17, 15) is 4.79 Å². The van der Waals surface area contributed by atoms with Crippen LogP contribution in [0.25, 0.3) is 0 Å². The monoisotopic (exact) mass is 306 g/mol. The molecule has 1 fully saturated rings. The van der Waals surface area contributed by atoms with Crippen molar-refractivity contribution in [1.82, 2.24) is 9.88 Å². The molecule has 0 bridgehead atoms. The number of aromatic nitrogens is 1. The largest absolute Gasteiger partial charge is 0.444 e. The Labute approximate surface area is 132 Å². The molecule has 2 rings (SSSR count). The predicted octanol–water partition coefficient (Wildman–Crippen LogP) is 3.56.